The van der Waals surface area contributed by atoms with E-state index in [0.717, 1.165) is 52.9 Å². The molecule has 6 rings (SSSR count). The highest BCUT2D eigenvalue weighted by Gasteiger charge is 2.31. The molecule has 46 heavy (non-hydrogen) atoms. The van der Waals surface area contributed by atoms with Crippen molar-refractivity contribution >= 4 is 17.4 Å². The molecule has 2 aromatic heterocycles. The molecular weight excluding hydrogens is 613 g/mol. The topological polar surface area (TPSA) is 86.3 Å². The number of carbonyl (C=O) groups is 1. The van der Waals surface area contributed by atoms with Crippen molar-refractivity contribution in [2.75, 3.05) is 0 Å². The Bertz CT molecular complexity index is 1920. The molecule has 8 nitrogen and oxygen atoms in total. The highest BCUT2D eigenvalue weighted by atomic mass is 32.1. The summed E-state index contributed by atoms with van der Waals surface area (Å²) in [6.45, 7) is 8.27. The molecule has 2 unspecified atom stereocenters. The molecule has 2 atom stereocenters. The van der Waals surface area contributed by atoms with Gasteiger partial charge in [0.1, 0.15) is 12.1 Å². The van der Waals surface area contributed by atoms with Crippen LogP contribution in [0.1, 0.15) is 53.1 Å². The molecule has 1 aliphatic rings. The van der Waals surface area contributed by atoms with Crippen molar-refractivity contribution < 1.29 is 22.7 Å². The van der Waals surface area contributed by atoms with Crippen LogP contribution in [-0.4, -0.2) is 37.8 Å². The lowest BCUT2D eigenvalue weighted by Crippen LogP contribution is -2.36. The Hall–Kier alpha value is -4.71. The average Bonchev–Trinajstić information content (AvgIpc) is 3.74. The van der Waals surface area contributed by atoms with E-state index < -0.39 is 6.36 Å². The number of urea groups is 1. The molecule has 0 radical (unpaired) electrons. The van der Waals surface area contributed by atoms with Gasteiger partial charge in [0.05, 0.1) is 11.4 Å². The van der Waals surface area contributed by atoms with Crippen LogP contribution in [0.4, 0.5) is 18.0 Å². The minimum atomic E-state index is -4.75. The number of aromatic nitrogens is 4. The number of carbonyl (C=O) groups excluding carboxylic acids is 1. The molecular formula is C34H33F3N6O2S. The number of rotatable bonds is 6. The molecule has 238 valence electrons. The standard InChI is InChI=1S/C34H33F3N6O2S/c1-20-16-21(2)30(22(3)17-20)43-23(4)18-46-33(43)40-32(44)39-29-7-5-6-28(29)24-8-10-25(11-9-24)31-38-19-42(41-31)26-12-14-27(15-13-26)45-34(35,36)37/h8-19,28-29H,5-7H2,1-4H3,(H,39,44). The normalized spacial score (nSPS) is 17.0. The Balaban J connectivity index is 1.15. The maximum Gasteiger partial charge on any atom is 0.573 e. The number of hydrogen-bond donors (Lipinski definition) is 1. The van der Waals surface area contributed by atoms with Crippen molar-refractivity contribution in [3.05, 3.63) is 105 Å². The van der Waals surface area contributed by atoms with Crippen LogP contribution in [0.5, 0.6) is 5.75 Å². The Labute approximate surface area is 268 Å². The maximum atomic E-state index is 13.2. The predicted molar refractivity (Wildman–Crippen MR) is 171 cm³/mol. The quantitative estimate of drug-likeness (QED) is 0.204. The van der Waals surface area contributed by atoms with Crippen LogP contribution in [0.2, 0.25) is 0 Å². The van der Waals surface area contributed by atoms with Gasteiger partial charge in [-0.1, -0.05) is 48.4 Å². The Kier molecular flexibility index (Phi) is 8.56. The third-order valence-electron chi connectivity index (χ3n) is 8.18. The molecule has 0 aliphatic heterocycles. The van der Waals surface area contributed by atoms with E-state index in [2.05, 4.69) is 62.6 Å². The van der Waals surface area contributed by atoms with Crippen molar-refractivity contribution in [3.8, 4) is 28.5 Å². The maximum absolute atomic E-state index is 13.2. The number of amides is 2. The first-order valence-corrected chi connectivity index (χ1v) is 15.8. The molecule has 2 heterocycles. The number of hydrogen-bond acceptors (Lipinski definition) is 5. The van der Waals surface area contributed by atoms with Gasteiger partial charge in [-0.25, -0.2) is 14.5 Å². The zero-order chi connectivity index (χ0) is 32.6. The van der Waals surface area contributed by atoms with Gasteiger partial charge in [0.25, 0.3) is 0 Å². The van der Waals surface area contributed by atoms with Crippen LogP contribution in [0.3, 0.4) is 0 Å². The van der Waals surface area contributed by atoms with E-state index in [4.69, 9.17) is 0 Å². The van der Waals surface area contributed by atoms with Crippen LogP contribution < -0.4 is 14.9 Å². The van der Waals surface area contributed by atoms with Crippen molar-refractivity contribution in [2.24, 2.45) is 4.99 Å². The molecule has 1 N–H and O–H groups in total. The van der Waals surface area contributed by atoms with E-state index in [1.807, 2.05) is 36.6 Å². The lowest BCUT2D eigenvalue weighted by molar-refractivity contribution is -0.274. The molecule has 2 amide bonds. The fourth-order valence-corrected chi connectivity index (χ4v) is 7.13. The van der Waals surface area contributed by atoms with E-state index >= 15 is 0 Å². The number of alkyl halides is 3. The van der Waals surface area contributed by atoms with Crippen molar-refractivity contribution in [2.45, 2.75) is 65.3 Å². The highest BCUT2D eigenvalue weighted by molar-refractivity contribution is 7.07. The zero-order valence-corrected chi connectivity index (χ0v) is 26.6. The van der Waals surface area contributed by atoms with Crippen LogP contribution >= 0.6 is 11.3 Å². The number of nitrogens with zero attached hydrogens (tertiary/aromatic N) is 5. The summed E-state index contributed by atoms with van der Waals surface area (Å²) in [5.74, 6) is 0.325. The highest BCUT2D eigenvalue weighted by Crippen LogP contribution is 2.35. The third-order valence-corrected chi connectivity index (χ3v) is 9.13. The number of aryl methyl sites for hydroxylation is 4. The van der Waals surface area contributed by atoms with E-state index in [0.29, 0.717) is 16.3 Å². The van der Waals surface area contributed by atoms with Crippen LogP contribution in [0.15, 0.2) is 77.4 Å². The number of nitrogens with one attached hydrogen (secondary N) is 1. The molecule has 1 fully saturated rings. The first-order chi connectivity index (χ1) is 21.9. The minimum Gasteiger partial charge on any atom is -0.406 e. The monoisotopic (exact) mass is 646 g/mol. The van der Waals surface area contributed by atoms with Crippen molar-refractivity contribution in [3.63, 3.8) is 0 Å². The van der Waals surface area contributed by atoms with Gasteiger partial charge in [-0.15, -0.1) is 29.6 Å². The number of halogens is 3. The fraction of sp³-hybridized carbons (Fsp3) is 0.294. The summed E-state index contributed by atoms with van der Waals surface area (Å²) in [7, 11) is 0. The summed E-state index contributed by atoms with van der Waals surface area (Å²) in [5.41, 5.74) is 8.01. The van der Waals surface area contributed by atoms with E-state index in [1.54, 1.807) is 0 Å². The molecule has 12 heteroatoms. The molecule has 3 aromatic carbocycles. The minimum absolute atomic E-state index is 0.0407. The lowest BCUT2D eigenvalue weighted by atomic mass is 9.93. The molecule has 1 aliphatic carbocycles. The Morgan fingerprint density at radius 2 is 1.70 bits per heavy atom. The molecule has 0 saturated heterocycles. The predicted octanol–water partition coefficient (Wildman–Crippen LogP) is 7.87. The van der Waals surface area contributed by atoms with Crippen molar-refractivity contribution in [1.29, 1.82) is 0 Å². The second-order valence-electron chi connectivity index (χ2n) is 11.6. The third kappa shape index (κ3) is 6.76. The van der Waals surface area contributed by atoms with Crippen LogP contribution in [0.25, 0.3) is 22.8 Å². The second kappa shape index (κ2) is 12.6. The Morgan fingerprint density at radius 1 is 1.00 bits per heavy atom. The smallest absolute Gasteiger partial charge is 0.406 e. The van der Waals surface area contributed by atoms with Crippen molar-refractivity contribution in [1.82, 2.24) is 24.6 Å². The lowest BCUT2D eigenvalue weighted by Gasteiger charge is -2.20. The SMILES string of the molecule is Cc1cc(C)c(-n2c(C)csc2=NC(=O)NC2CCCC2c2ccc(-c3ncn(-c4ccc(OC(F)(F)F)cc4)n3)cc2)c(C)c1. The second-order valence-corrected chi connectivity index (χ2v) is 12.5. The van der Waals surface area contributed by atoms with E-state index in [9.17, 15) is 18.0 Å². The van der Waals surface area contributed by atoms with E-state index in [1.165, 1.54) is 52.2 Å². The fourth-order valence-electron chi connectivity index (χ4n) is 6.28. The zero-order valence-electron chi connectivity index (χ0n) is 25.8. The number of benzene rings is 3. The van der Waals surface area contributed by atoms with Gasteiger partial charge in [-0.3, -0.25) is 4.57 Å². The summed E-state index contributed by atoms with van der Waals surface area (Å²) in [4.78, 5) is 22.8. The van der Waals surface area contributed by atoms with Gasteiger partial charge in [0, 0.05) is 28.6 Å². The summed E-state index contributed by atoms with van der Waals surface area (Å²) < 4.78 is 44.9. The summed E-state index contributed by atoms with van der Waals surface area (Å²) in [6.07, 6.45) is -0.428. The largest absolute Gasteiger partial charge is 0.573 e. The Morgan fingerprint density at radius 3 is 2.37 bits per heavy atom. The van der Waals surface area contributed by atoms with Gasteiger partial charge in [0.2, 0.25) is 0 Å². The summed E-state index contributed by atoms with van der Waals surface area (Å²) >= 11 is 1.45. The average molecular weight is 647 g/mol. The van der Waals surface area contributed by atoms with Gasteiger partial charge < -0.3 is 10.1 Å². The summed E-state index contributed by atoms with van der Waals surface area (Å²) in [5, 5.41) is 9.69. The van der Waals surface area contributed by atoms with Crippen LogP contribution in [-0.2, 0) is 0 Å². The number of thiazole rings is 1. The van der Waals surface area contributed by atoms with Gasteiger partial charge >= 0.3 is 12.4 Å². The molecule has 5 aromatic rings. The number of ether oxygens (including phenoxy) is 1. The first kappa shape index (κ1) is 31.3. The van der Waals surface area contributed by atoms with Gasteiger partial charge in [-0.05, 0) is 81.5 Å². The molecule has 0 bridgehead atoms. The van der Waals surface area contributed by atoms with Crippen LogP contribution in [0, 0.1) is 27.7 Å². The first-order valence-electron chi connectivity index (χ1n) is 14.9. The van der Waals surface area contributed by atoms with Gasteiger partial charge in [0.15, 0.2) is 10.6 Å². The van der Waals surface area contributed by atoms with E-state index in [-0.39, 0.29) is 23.7 Å². The molecule has 0 spiro atoms. The summed E-state index contributed by atoms with van der Waals surface area (Å²) in [6, 6.07) is 17.3. The molecule has 1 saturated carbocycles. The van der Waals surface area contributed by atoms with Gasteiger partial charge in [-0.2, -0.15) is 4.99 Å².